The molecule has 1 N–H and O–H groups in total. The van der Waals surface area contributed by atoms with Gasteiger partial charge in [-0.2, -0.15) is 0 Å². The van der Waals surface area contributed by atoms with E-state index in [-0.39, 0.29) is 11.9 Å². The normalized spacial score (nSPS) is 11.7. The van der Waals surface area contributed by atoms with Crippen LogP contribution in [0.4, 0.5) is 0 Å². The van der Waals surface area contributed by atoms with Crippen molar-refractivity contribution in [1.82, 2.24) is 5.32 Å². The highest BCUT2D eigenvalue weighted by Gasteiger charge is 2.14. The van der Waals surface area contributed by atoms with Crippen LogP contribution in [-0.2, 0) is 6.61 Å². The van der Waals surface area contributed by atoms with Gasteiger partial charge in [-0.05, 0) is 54.6 Å². The summed E-state index contributed by atoms with van der Waals surface area (Å²) in [6.45, 7) is 4.43. The fourth-order valence-electron chi connectivity index (χ4n) is 2.69. The van der Waals surface area contributed by atoms with Crippen molar-refractivity contribution in [2.24, 2.45) is 0 Å². The maximum atomic E-state index is 12.5. The number of nitrogens with one attached hydrogen (secondary N) is 1. The zero-order valence-electron chi connectivity index (χ0n) is 15.7. The Kier molecular flexibility index (Phi) is 6.14. The second-order valence-electron chi connectivity index (χ2n) is 6.34. The van der Waals surface area contributed by atoms with Crippen molar-refractivity contribution in [2.45, 2.75) is 26.5 Å². The van der Waals surface area contributed by atoms with Crippen LogP contribution in [-0.4, -0.2) is 13.0 Å². The molecule has 0 aliphatic carbocycles. The zero-order valence-corrected chi connectivity index (χ0v) is 16.5. The number of hydrogen-bond donors (Lipinski definition) is 1. The molecule has 0 aliphatic rings. The number of carbonyl (C=O) groups excluding carboxylic acids is 1. The van der Waals surface area contributed by atoms with Crippen molar-refractivity contribution in [3.8, 4) is 11.5 Å². The zero-order chi connectivity index (χ0) is 19.2. The first-order valence-corrected chi connectivity index (χ1v) is 9.65. The van der Waals surface area contributed by atoms with E-state index in [2.05, 4.69) is 5.32 Å². The Hall–Kier alpha value is -2.79. The van der Waals surface area contributed by atoms with Gasteiger partial charge in [-0.25, -0.2) is 0 Å². The molecule has 0 aliphatic heterocycles. The average Bonchev–Trinajstić information content (AvgIpc) is 3.16. The summed E-state index contributed by atoms with van der Waals surface area (Å²) in [7, 11) is 1.64. The molecule has 0 radical (unpaired) electrons. The van der Waals surface area contributed by atoms with Crippen molar-refractivity contribution < 1.29 is 14.3 Å². The van der Waals surface area contributed by atoms with Gasteiger partial charge in [0, 0.05) is 5.56 Å². The highest BCUT2D eigenvalue weighted by atomic mass is 32.1. The van der Waals surface area contributed by atoms with E-state index in [0.29, 0.717) is 11.5 Å². The molecular formula is C22H23NO3S. The third-order valence-corrected chi connectivity index (χ3v) is 5.31. The van der Waals surface area contributed by atoms with Gasteiger partial charge in [0.25, 0.3) is 5.91 Å². The van der Waals surface area contributed by atoms with Crippen molar-refractivity contribution in [2.75, 3.05) is 7.11 Å². The third-order valence-electron chi connectivity index (χ3n) is 4.33. The number of ether oxygens (including phenoxy) is 2. The van der Waals surface area contributed by atoms with Gasteiger partial charge in [-0.15, -0.1) is 11.3 Å². The number of amides is 1. The first-order valence-electron chi connectivity index (χ1n) is 8.77. The minimum Gasteiger partial charge on any atom is -0.497 e. The van der Waals surface area contributed by atoms with Gasteiger partial charge >= 0.3 is 0 Å². The topological polar surface area (TPSA) is 47.6 Å². The highest BCUT2D eigenvalue weighted by molar-refractivity contribution is 7.12. The molecular weight excluding hydrogens is 358 g/mol. The molecule has 140 valence electrons. The SMILES string of the molecule is COc1ccc(C(C)NC(=O)c2cc(COc3ccccc3C)cs2)cc1. The Balaban J connectivity index is 1.58. The van der Waals surface area contributed by atoms with E-state index in [1.165, 1.54) is 11.3 Å². The predicted molar refractivity (Wildman–Crippen MR) is 109 cm³/mol. The molecule has 4 nitrogen and oxygen atoms in total. The van der Waals surface area contributed by atoms with E-state index in [0.717, 1.165) is 28.2 Å². The first-order chi connectivity index (χ1) is 13.1. The lowest BCUT2D eigenvalue weighted by Gasteiger charge is -2.14. The molecule has 1 aromatic heterocycles. The van der Waals surface area contributed by atoms with Gasteiger partial charge in [0.15, 0.2) is 0 Å². The third kappa shape index (κ3) is 4.89. The van der Waals surface area contributed by atoms with Crippen LogP contribution in [0.2, 0.25) is 0 Å². The van der Waals surface area contributed by atoms with Crippen LogP contribution in [0.3, 0.4) is 0 Å². The predicted octanol–water partition coefficient (Wildman–Crippen LogP) is 5.14. The van der Waals surface area contributed by atoms with E-state index < -0.39 is 0 Å². The molecule has 1 atom stereocenters. The number of methoxy groups -OCH3 is 1. The lowest BCUT2D eigenvalue weighted by molar-refractivity contribution is 0.0944. The fourth-order valence-corrected chi connectivity index (χ4v) is 3.49. The van der Waals surface area contributed by atoms with Crippen LogP contribution >= 0.6 is 11.3 Å². The molecule has 0 saturated heterocycles. The largest absolute Gasteiger partial charge is 0.497 e. The summed E-state index contributed by atoms with van der Waals surface area (Å²) < 4.78 is 11.0. The van der Waals surface area contributed by atoms with Gasteiger partial charge in [-0.3, -0.25) is 4.79 Å². The second kappa shape index (κ2) is 8.73. The Morgan fingerprint density at radius 3 is 2.59 bits per heavy atom. The minimum absolute atomic E-state index is 0.0783. The number of carbonyl (C=O) groups is 1. The fraction of sp³-hybridized carbons (Fsp3) is 0.227. The van der Waals surface area contributed by atoms with Crippen LogP contribution in [0.25, 0.3) is 0 Å². The molecule has 0 saturated carbocycles. The van der Waals surface area contributed by atoms with Crippen LogP contribution in [0, 0.1) is 6.92 Å². The maximum Gasteiger partial charge on any atom is 0.261 e. The molecule has 5 heteroatoms. The molecule has 3 aromatic rings. The van der Waals surface area contributed by atoms with Crippen LogP contribution in [0.15, 0.2) is 60.0 Å². The Labute approximate surface area is 163 Å². The van der Waals surface area contributed by atoms with Gasteiger partial charge < -0.3 is 14.8 Å². The summed E-state index contributed by atoms with van der Waals surface area (Å²) >= 11 is 1.43. The van der Waals surface area contributed by atoms with Crippen LogP contribution in [0.5, 0.6) is 11.5 Å². The smallest absolute Gasteiger partial charge is 0.261 e. The van der Waals surface area contributed by atoms with Crippen molar-refractivity contribution >= 4 is 17.2 Å². The number of benzene rings is 2. The molecule has 2 aromatic carbocycles. The van der Waals surface area contributed by atoms with E-state index in [9.17, 15) is 4.79 Å². The lowest BCUT2D eigenvalue weighted by atomic mass is 10.1. The quantitative estimate of drug-likeness (QED) is 0.617. The van der Waals surface area contributed by atoms with E-state index in [4.69, 9.17) is 9.47 Å². The summed E-state index contributed by atoms with van der Waals surface area (Å²) in [5, 5.41) is 5.00. The number of rotatable bonds is 7. The maximum absolute atomic E-state index is 12.5. The standard InChI is InChI=1S/C22H23NO3S/c1-15-6-4-5-7-20(15)26-13-17-12-21(27-14-17)22(24)23-16(2)18-8-10-19(25-3)11-9-18/h4-12,14,16H,13H2,1-3H3,(H,23,24). The molecule has 27 heavy (non-hydrogen) atoms. The molecule has 3 rings (SSSR count). The van der Waals surface area contributed by atoms with E-state index in [1.54, 1.807) is 7.11 Å². The number of aryl methyl sites for hydroxylation is 1. The summed E-state index contributed by atoms with van der Waals surface area (Å²) in [5.41, 5.74) is 3.12. The van der Waals surface area contributed by atoms with E-state index >= 15 is 0 Å². The summed E-state index contributed by atoms with van der Waals surface area (Å²) in [5.74, 6) is 1.59. The first kappa shape index (κ1) is 19.0. The average molecular weight is 381 g/mol. The Morgan fingerprint density at radius 2 is 1.89 bits per heavy atom. The van der Waals surface area contributed by atoms with E-state index in [1.807, 2.05) is 73.8 Å². The van der Waals surface area contributed by atoms with Crippen molar-refractivity contribution in [3.63, 3.8) is 0 Å². The van der Waals surface area contributed by atoms with Gasteiger partial charge in [0.1, 0.15) is 18.1 Å². The monoisotopic (exact) mass is 381 g/mol. The van der Waals surface area contributed by atoms with Crippen LogP contribution in [0.1, 0.15) is 39.3 Å². The summed E-state index contributed by atoms with van der Waals surface area (Å²) in [6.07, 6.45) is 0. The number of para-hydroxylation sites is 1. The molecule has 0 spiro atoms. The van der Waals surface area contributed by atoms with Crippen LogP contribution < -0.4 is 14.8 Å². The molecule has 1 unspecified atom stereocenters. The number of thiophene rings is 1. The molecule has 1 amide bonds. The lowest BCUT2D eigenvalue weighted by Crippen LogP contribution is -2.25. The van der Waals surface area contributed by atoms with Crippen molar-refractivity contribution in [3.05, 3.63) is 81.5 Å². The summed E-state index contributed by atoms with van der Waals surface area (Å²) in [4.78, 5) is 13.2. The Bertz CT molecular complexity index is 902. The number of hydrogen-bond acceptors (Lipinski definition) is 4. The second-order valence-corrected chi connectivity index (χ2v) is 7.25. The van der Waals surface area contributed by atoms with Gasteiger partial charge in [0.05, 0.1) is 18.0 Å². The van der Waals surface area contributed by atoms with Crippen molar-refractivity contribution in [1.29, 1.82) is 0 Å². The van der Waals surface area contributed by atoms with Gasteiger partial charge in [0.2, 0.25) is 0 Å². The molecule has 0 bridgehead atoms. The highest BCUT2D eigenvalue weighted by Crippen LogP contribution is 2.22. The van der Waals surface area contributed by atoms with Gasteiger partial charge in [-0.1, -0.05) is 30.3 Å². The summed E-state index contributed by atoms with van der Waals surface area (Å²) in [6, 6.07) is 17.4. The minimum atomic E-state index is -0.0859. The molecule has 1 heterocycles. The molecule has 0 fully saturated rings. The Morgan fingerprint density at radius 1 is 1.15 bits per heavy atom.